The number of thioether (sulfide) groups is 1. The maximum atomic E-state index is 4.49. The van der Waals surface area contributed by atoms with Gasteiger partial charge in [-0.25, -0.2) is 9.97 Å². The minimum Gasteiger partial charge on any atom is -0.364 e. The maximum absolute atomic E-state index is 4.49. The van der Waals surface area contributed by atoms with E-state index in [4.69, 9.17) is 0 Å². The molecular formula is C14H20N4S. The summed E-state index contributed by atoms with van der Waals surface area (Å²) in [5.41, 5.74) is 2.12. The Kier molecular flexibility index (Phi) is 3.64. The lowest BCUT2D eigenvalue weighted by atomic mass is 9.95. The molecule has 2 atom stereocenters. The van der Waals surface area contributed by atoms with Gasteiger partial charge < -0.3 is 9.88 Å². The zero-order valence-electron chi connectivity index (χ0n) is 11.5. The minimum atomic E-state index is 0.517. The molecule has 3 rings (SSSR count). The molecule has 102 valence electrons. The van der Waals surface area contributed by atoms with Crippen LogP contribution in [0, 0.1) is 0 Å². The number of nitrogens with zero attached hydrogens (tertiary/aromatic N) is 3. The van der Waals surface area contributed by atoms with Crippen LogP contribution < -0.4 is 5.32 Å². The van der Waals surface area contributed by atoms with Crippen LogP contribution >= 0.6 is 11.8 Å². The lowest BCUT2D eigenvalue weighted by Gasteiger charge is -2.31. The molecule has 0 saturated heterocycles. The average Bonchev–Trinajstić information content (AvgIpc) is 2.82. The Morgan fingerprint density at radius 1 is 1.32 bits per heavy atom. The van der Waals surface area contributed by atoms with Crippen LogP contribution in [0.1, 0.15) is 25.7 Å². The fourth-order valence-corrected chi connectivity index (χ4v) is 3.82. The number of fused-ring (bicyclic) bond motifs is 1. The second kappa shape index (κ2) is 5.41. The van der Waals surface area contributed by atoms with Gasteiger partial charge in [-0.3, -0.25) is 0 Å². The third kappa shape index (κ3) is 2.43. The molecule has 2 unspecified atom stereocenters. The van der Waals surface area contributed by atoms with Crippen LogP contribution in [0.25, 0.3) is 11.0 Å². The monoisotopic (exact) mass is 276 g/mol. The van der Waals surface area contributed by atoms with Gasteiger partial charge in [0.25, 0.3) is 0 Å². The second-order valence-corrected chi connectivity index (χ2v) is 6.27. The summed E-state index contributed by atoms with van der Waals surface area (Å²) in [5.74, 6) is 0.934. The molecule has 1 aliphatic carbocycles. The molecule has 2 aromatic heterocycles. The predicted molar refractivity (Wildman–Crippen MR) is 81.7 cm³/mol. The van der Waals surface area contributed by atoms with Crippen LogP contribution in [0.15, 0.2) is 18.6 Å². The number of aromatic nitrogens is 3. The summed E-state index contributed by atoms with van der Waals surface area (Å²) in [6.07, 6.45) is 11.1. The molecule has 1 saturated carbocycles. The molecular weight excluding hydrogens is 256 g/mol. The molecule has 1 fully saturated rings. The highest BCUT2D eigenvalue weighted by atomic mass is 32.2. The van der Waals surface area contributed by atoms with Crippen molar-refractivity contribution in [3.05, 3.63) is 18.6 Å². The third-order valence-electron chi connectivity index (χ3n) is 3.97. The van der Waals surface area contributed by atoms with E-state index in [2.05, 4.69) is 21.5 Å². The van der Waals surface area contributed by atoms with E-state index >= 15 is 0 Å². The molecule has 0 spiro atoms. The lowest BCUT2D eigenvalue weighted by Crippen LogP contribution is -2.34. The van der Waals surface area contributed by atoms with Crippen LogP contribution in [0.2, 0.25) is 0 Å². The van der Waals surface area contributed by atoms with Gasteiger partial charge in [-0.05, 0) is 25.2 Å². The number of nitrogens with one attached hydrogen (secondary N) is 1. The Hall–Kier alpha value is -1.23. The maximum Gasteiger partial charge on any atom is 0.154 e. The van der Waals surface area contributed by atoms with Crippen molar-refractivity contribution in [2.45, 2.75) is 37.0 Å². The van der Waals surface area contributed by atoms with Crippen molar-refractivity contribution in [1.82, 2.24) is 14.5 Å². The van der Waals surface area contributed by atoms with E-state index in [1.165, 1.54) is 25.7 Å². The molecule has 0 aliphatic heterocycles. The van der Waals surface area contributed by atoms with Gasteiger partial charge in [0.1, 0.15) is 5.52 Å². The molecule has 0 aromatic carbocycles. The predicted octanol–water partition coefficient (Wildman–Crippen LogP) is 3.05. The summed E-state index contributed by atoms with van der Waals surface area (Å²) in [5, 5.41) is 4.32. The summed E-state index contributed by atoms with van der Waals surface area (Å²) in [6, 6.07) is 2.53. The summed E-state index contributed by atoms with van der Waals surface area (Å²) < 4.78 is 2.04. The van der Waals surface area contributed by atoms with Gasteiger partial charge in [-0.1, -0.05) is 12.8 Å². The van der Waals surface area contributed by atoms with Crippen molar-refractivity contribution in [3.8, 4) is 0 Å². The molecule has 1 N–H and O–H groups in total. The zero-order chi connectivity index (χ0) is 13.2. The summed E-state index contributed by atoms with van der Waals surface area (Å²) in [4.78, 5) is 8.95. The van der Waals surface area contributed by atoms with Gasteiger partial charge in [-0.2, -0.15) is 11.8 Å². The molecule has 1 aliphatic rings. The Labute approximate surface area is 118 Å². The van der Waals surface area contributed by atoms with E-state index in [1.54, 1.807) is 0 Å². The van der Waals surface area contributed by atoms with Crippen molar-refractivity contribution >= 4 is 28.6 Å². The Morgan fingerprint density at radius 2 is 2.16 bits per heavy atom. The third-order valence-corrected chi connectivity index (χ3v) is 5.14. The Balaban J connectivity index is 1.88. The minimum absolute atomic E-state index is 0.517. The second-order valence-electron chi connectivity index (χ2n) is 5.19. The van der Waals surface area contributed by atoms with Crippen LogP contribution in [0.3, 0.4) is 0 Å². The van der Waals surface area contributed by atoms with E-state index in [1.807, 2.05) is 42.0 Å². The number of hydrogen-bond acceptors (Lipinski definition) is 4. The molecule has 5 heteroatoms. The van der Waals surface area contributed by atoms with Gasteiger partial charge in [-0.15, -0.1) is 0 Å². The number of aryl methyl sites for hydroxylation is 1. The van der Waals surface area contributed by atoms with Gasteiger partial charge in [0.15, 0.2) is 5.82 Å². The van der Waals surface area contributed by atoms with Crippen LogP contribution in [0.5, 0.6) is 0 Å². The first-order chi connectivity index (χ1) is 9.29. The Bertz CT molecular complexity index is 566. The largest absolute Gasteiger partial charge is 0.364 e. The van der Waals surface area contributed by atoms with E-state index in [0.717, 1.165) is 16.9 Å². The number of anilines is 1. The molecule has 0 amide bonds. The summed E-state index contributed by atoms with van der Waals surface area (Å²) in [7, 11) is 2.02. The fraction of sp³-hybridized carbons (Fsp3) is 0.571. The van der Waals surface area contributed by atoms with Crippen LogP contribution in [-0.4, -0.2) is 32.1 Å². The van der Waals surface area contributed by atoms with Crippen molar-refractivity contribution in [2.24, 2.45) is 7.05 Å². The number of rotatable bonds is 3. The summed E-state index contributed by atoms with van der Waals surface area (Å²) in [6.45, 7) is 0. The van der Waals surface area contributed by atoms with Gasteiger partial charge in [0.05, 0.1) is 11.8 Å². The van der Waals surface area contributed by atoms with Crippen LogP contribution in [-0.2, 0) is 7.05 Å². The fourth-order valence-electron chi connectivity index (χ4n) is 2.89. The standard InChI is InChI=1S/C14H20N4S/c1-18-9-16-13-11(18)7-8-15-14(13)17-10-5-3-4-6-12(10)19-2/h7-10,12H,3-6H2,1-2H3,(H,15,17). The average molecular weight is 276 g/mol. The van der Waals surface area contributed by atoms with E-state index in [-0.39, 0.29) is 0 Å². The molecule has 0 radical (unpaired) electrons. The van der Waals surface area contributed by atoms with Crippen molar-refractivity contribution in [1.29, 1.82) is 0 Å². The Morgan fingerprint density at radius 3 is 3.00 bits per heavy atom. The smallest absolute Gasteiger partial charge is 0.154 e. The van der Waals surface area contributed by atoms with Gasteiger partial charge in [0.2, 0.25) is 0 Å². The first-order valence-corrected chi connectivity index (χ1v) is 8.13. The van der Waals surface area contributed by atoms with Crippen LogP contribution in [0.4, 0.5) is 5.82 Å². The van der Waals surface area contributed by atoms with Gasteiger partial charge in [0, 0.05) is 24.5 Å². The first kappa shape index (κ1) is 12.8. The normalized spacial score (nSPS) is 23.7. The van der Waals surface area contributed by atoms with Gasteiger partial charge >= 0.3 is 0 Å². The molecule has 19 heavy (non-hydrogen) atoms. The number of hydrogen-bond donors (Lipinski definition) is 1. The lowest BCUT2D eigenvalue weighted by molar-refractivity contribution is 0.474. The number of pyridine rings is 1. The molecule has 4 nitrogen and oxygen atoms in total. The van der Waals surface area contributed by atoms with E-state index < -0.39 is 0 Å². The SMILES string of the molecule is CSC1CCCCC1Nc1nccc2c1ncn2C. The van der Waals surface area contributed by atoms with E-state index in [0.29, 0.717) is 11.3 Å². The molecule has 0 bridgehead atoms. The molecule has 2 heterocycles. The number of imidazole rings is 1. The van der Waals surface area contributed by atoms with Crippen molar-refractivity contribution in [3.63, 3.8) is 0 Å². The molecule has 2 aromatic rings. The highest BCUT2D eigenvalue weighted by molar-refractivity contribution is 7.99. The topological polar surface area (TPSA) is 42.7 Å². The zero-order valence-corrected chi connectivity index (χ0v) is 12.3. The van der Waals surface area contributed by atoms with E-state index in [9.17, 15) is 0 Å². The van der Waals surface area contributed by atoms with Crippen molar-refractivity contribution < 1.29 is 0 Å². The first-order valence-electron chi connectivity index (χ1n) is 6.85. The summed E-state index contributed by atoms with van der Waals surface area (Å²) >= 11 is 1.97. The quantitative estimate of drug-likeness (QED) is 0.935. The highest BCUT2D eigenvalue weighted by Crippen LogP contribution is 2.30. The van der Waals surface area contributed by atoms with Crippen molar-refractivity contribution in [2.75, 3.05) is 11.6 Å². The highest BCUT2D eigenvalue weighted by Gasteiger charge is 2.25.